The molecule has 0 radical (unpaired) electrons. The molecule has 1 heterocycles. The molecule has 1 atom stereocenters. The Balaban J connectivity index is 1.55. The number of amides is 2. The first-order valence-electron chi connectivity index (χ1n) is 9.88. The van der Waals surface area contributed by atoms with Crippen molar-refractivity contribution in [3.63, 3.8) is 0 Å². The summed E-state index contributed by atoms with van der Waals surface area (Å²) in [6.07, 6.45) is 2.02. The van der Waals surface area contributed by atoms with E-state index in [1.54, 1.807) is 24.3 Å². The fraction of sp³-hybridized carbons (Fsp3) is 0.120. The van der Waals surface area contributed by atoms with Crippen LogP contribution in [0.5, 0.6) is 0 Å². The minimum atomic E-state index is -0.148. The van der Waals surface area contributed by atoms with Crippen molar-refractivity contribution in [2.75, 3.05) is 11.9 Å². The van der Waals surface area contributed by atoms with Crippen molar-refractivity contribution in [2.24, 2.45) is 0 Å². The average molecular weight is 397 g/mol. The van der Waals surface area contributed by atoms with Gasteiger partial charge >= 0.3 is 0 Å². The summed E-state index contributed by atoms with van der Waals surface area (Å²) in [7, 11) is 0. The summed E-state index contributed by atoms with van der Waals surface area (Å²) in [6, 6.07) is 25.2. The SMILES string of the molecule is CC(=O)Nc1ccc(C(=O)NC[C@H](c2ccccc2)c2c[nH]c3ccccc23)cc1. The van der Waals surface area contributed by atoms with Crippen LogP contribution in [0, 0.1) is 0 Å². The molecule has 4 aromatic rings. The molecule has 0 unspecified atom stereocenters. The summed E-state index contributed by atoms with van der Waals surface area (Å²) in [5.41, 5.74) is 4.59. The number of rotatable bonds is 6. The van der Waals surface area contributed by atoms with Crippen molar-refractivity contribution in [3.8, 4) is 0 Å². The van der Waals surface area contributed by atoms with Crippen LogP contribution in [0.4, 0.5) is 5.69 Å². The number of benzene rings is 3. The highest BCUT2D eigenvalue weighted by Crippen LogP contribution is 2.30. The normalized spacial score (nSPS) is 11.8. The molecule has 0 fully saturated rings. The van der Waals surface area contributed by atoms with Gasteiger partial charge in [0.05, 0.1) is 0 Å². The van der Waals surface area contributed by atoms with E-state index in [2.05, 4.69) is 39.9 Å². The first kappa shape index (κ1) is 19.5. The van der Waals surface area contributed by atoms with Gasteiger partial charge in [0.1, 0.15) is 0 Å². The van der Waals surface area contributed by atoms with Gasteiger partial charge in [-0.05, 0) is 41.5 Å². The van der Waals surface area contributed by atoms with Crippen LogP contribution in [-0.2, 0) is 4.79 Å². The Morgan fingerprint density at radius 2 is 1.60 bits per heavy atom. The molecule has 5 heteroatoms. The first-order chi connectivity index (χ1) is 14.6. The van der Waals surface area contributed by atoms with Crippen LogP contribution in [0.2, 0.25) is 0 Å². The van der Waals surface area contributed by atoms with E-state index in [0.717, 1.165) is 22.0 Å². The van der Waals surface area contributed by atoms with E-state index >= 15 is 0 Å². The number of hydrogen-bond acceptors (Lipinski definition) is 2. The number of aromatic amines is 1. The van der Waals surface area contributed by atoms with Crippen molar-refractivity contribution >= 4 is 28.4 Å². The molecule has 3 aromatic carbocycles. The topological polar surface area (TPSA) is 74.0 Å². The predicted molar refractivity (Wildman–Crippen MR) is 120 cm³/mol. The molecule has 1 aromatic heterocycles. The molecule has 2 amide bonds. The number of anilines is 1. The van der Waals surface area contributed by atoms with Crippen LogP contribution in [0.15, 0.2) is 85.1 Å². The van der Waals surface area contributed by atoms with Gasteiger partial charge < -0.3 is 15.6 Å². The fourth-order valence-corrected chi connectivity index (χ4v) is 3.68. The summed E-state index contributed by atoms with van der Waals surface area (Å²) in [6.45, 7) is 1.92. The number of para-hydroxylation sites is 1. The molecule has 3 N–H and O–H groups in total. The molecule has 0 saturated carbocycles. The lowest BCUT2D eigenvalue weighted by atomic mass is 9.91. The molecule has 0 aliphatic carbocycles. The van der Waals surface area contributed by atoms with Gasteiger partial charge in [-0.3, -0.25) is 9.59 Å². The lowest BCUT2D eigenvalue weighted by molar-refractivity contribution is -0.114. The quantitative estimate of drug-likeness (QED) is 0.442. The smallest absolute Gasteiger partial charge is 0.251 e. The Labute approximate surface area is 175 Å². The zero-order chi connectivity index (χ0) is 20.9. The van der Waals surface area contributed by atoms with E-state index in [9.17, 15) is 9.59 Å². The maximum Gasteiger partial charge on any atom is 0.251 e. The molecule has 4 rings (SSSR count). The summed E-state index contributed by atoms with van der Waals surface area (Å²) in [5.74, 6) is -0.272. The van der Waals surface area contributed by atoms with Crippen molar-refractivity contribution in [3.05, 3.63) is 102 Å². The van der Waals surface area contributed by atoms with Crippen LogP contribution in [0.25, 0.3) is 10.9 Å². The molecule has 0 aliphatic rings. The van der Waals surface area contributed by atoms with Gasteiger partial charge in [0.15, 0.2) is 0 Å². The maximum absolute atomic E-state index is 12.7. The Hall–Kier alpha value is -3.86. The van der Waals surface area contributed by atoms with Crippen molar-refractivity contribution < 1.29 is 9.59 Å². The van der Waals surface area contributed by atoms with Gasteiger partial charge in [-0.1, -0.05) is 48.5 Å². The minimum absolute atomic E-state index is 0.0185. The van der Waals surface area contributed by atoms with Gasteiger partial charge in [0.25, 0.3) is 5.91 Å². The number of nitrogens with one attached hydrogen (secondary N) is 3. The van der Waals surface area contributed by atoms with Gasteiger partial charge in [-0.2, -0.15) is 0 Å². The fourth-order valence-electron chi connectivity index (χ4n) is 3.68. The second-order valence-electron chi connectivity index (χ2n) is 7.22. The Bertz CT molecular complexity index is 1160. The van der Waals surface area contributed by atoms with Gasteiger partial charge in [0, 0.05) is 47.7 Å². The minimum Gasteiger partial charge on any atom is -0.361 e. The summed E-state index contributed by atoms with van der Waals surface area (Å²) in [5, 5.41) is 6.93. The highest BCUT2D eigenvalue weighted by atomic mass is 16.2. The number of H-pyrrole nitrogens is 1. The number of hydrogen-bond donors (Lipinski definition) is 3. The molecule has 150 valence electrons. The lowest BCUT2D eigenvalue weighted by Gasteiger charge is -2.18. The van der Waals surface area contributed by atoms with Gasteiger partial charge in [-0.15, -0.1) is 0 Å². The first-order valence-corrected chi connectivity index (χ1v) is 9.88. The molecule has 0 spiro atoms. The zero-order valence-corrected chi connectivity index (χ0v) is 16.7. The number of carbonyl (C=O) groups is 2. The largest absolute Gasteiger partial charge is 0.361 e. The number of aromatic nitrogens is 1. The number of carbonyl (C=O) groups excluding carboxylic acids is 2. The maximum atomic E-state index is 12.7. The van der Waals surface area contributed by atoms with Gasteiger partial charge in [0.2, 0.25) is 5.91 Å². The Kier molecular flexibility index (Phi) is 5.61. The number of fused-ring (bicyclic) bond motifs is 1. The monoisotopic (exact) mass is 397 g/mol. The molecule has 0 bridgehead atoms. The van der Waals surface area contributed by atoms with Crippen molar-refractivity contribution in [1.29, 1.82) is 0 Å². The lowest BCUT2D eigenvalue weighted by Crippen LogP contribution is -2.28. The average Bonchev–Trinajstić information content (AvgIpc) is 3.19. The van der Waals surface area contributed by atoms with Crippen LogP contribution < -0.4 is 10.6 Å². The van der Waals surface area contributed by atoms with E-state index < -0.39 is 0 Å². The predicted octanol–water partition coefficient (Wildman–Crippen LogP) is 4.69. The third-order valence-corrected chi connectivity index (χ3v) is 5.13. The molecular formula is C25H23N3O2. The molecule has 5 nitrogen and oxygen atoms in total. The van der Waals surface area contributed by atoms with E-state index in [4.69, 9.17) is 0 Å². The second-order valence-corrected chi connectivity index (χ2v) is 7.22. The van der Waals surface area contributed by atoms with E-state index in [1.807, 2.05) is 36.5 Å². The second kappa shape index (κ2) is 8.66. The summed E-state index contributed by atoms with van der Waals surface area (Å²) in [4.78, 5) is 27.2. The van der Waals surface area contributed by atoms with E-state index in [-0.39, 0.29) is 17.7 Å². The third kappa shape index (κ3) is 4.25. The molecule has 0 aliphatic heterocycles. The van der Waals surface area contributed by atoms with Crippen LogP contribution in [0.1, 0.15) is 34.3 Å². The van der Waals surface area contributed by atoms with Crippen molar-refractivity contribution in [1.82, 2.24) is 10.3 Å². The van der Waals surface area contributed by atoms with Crippen LogP contribution >= 0.6 is 0 Å². The molecular weight excluding hydrogens is 374 g/mol. The van der Waals surface area contributed by atoms with E-state index in [0.29, 0.717) is 17.8 Å². The highest BCUT2D eigenvalue weighted by molar-refractivity contribution is 5.95. The Morgan fingerprint density at radius 3 is 2.33 bits per heavy atom. The summed E-state index contributed by atoms with van der Waals surface area (Å²) >= 11 is 0. The standard InChI is InChI=1S/C25H23N3O2/c1-17(29)28-20-13-11-19(12-14-20)25(30)27-15-22(18-7-3-2-4-8-18)23-16-26-24-10-6-5-9-21(23)24/h2-14,16,22,26H,15H2,1H3,(H,27,30)(H,28,29)/t22-/m1/s1. The zero-order valence-electron chi connectivity index (χ0n) is 16.7. The van der Waals surface area contributed by atoms with Crippen LogP contribution in [-0.4, -0.2) is 23.3 Å². The van der Waals surface area contributed by atoms with Crippen LogP contribution in [0.3, 0.4) is 0 Å². The van der Waals surface area contributed by atoms with E-state index in [1.165, 1.54) is 6.92 Å². The Morgan fingerprint density at radius 1 is 0.900 bits per heavy atom. The molecule has 30 heavy (non-hydrogen) atoms. The van der Waals surface area contributed by atoms with Gasteiger partial charge in [-0.25, -0.2) is 0 Å². The highest BCUT2D eigenvalue weighted by Gasteiger charge is 2.19. The van der Waals surface area contributed by atoms with Crippen molar-refractivity contribution in [2.45, 2.75) is 12.8 Å². The summed E-state index contributed by atoms with van der Waals surface area (Å²) < 4.78 is 0. The molecule has 0 saturated heterocycles. The third-order valence-electron chi connectivity index (χ3n) is 5.13.